The largest absolute Gasteiger partial charge is 0.332 e. The maximum absolute atomic E-state index is 13.3. The van der Waals surface area contributed by atoms with Crippen molar-refractivity contribution in [2.45, 2.75) is 43.9 Å². The number of carbonyl (C=O) groups is 1. The number of halogens is 1. The van der Waals surface area contributed by atoms with Crippen LogP contribution in [0.4, 0.5) is 0 Å². The van der Waals surface area contributed by atoms with E-state index in [-0.39, 0.29) is 11.9 Å². The Morgan fingerprint density at radius 3 is 2.76 bits per heavy atom. The van der Waals surface area contributed by atoms with Crippen LogP contribution in [0, 0.1) is 0 Å². The molecule has 2 aromatic heterocycles. The minimum Gasteiger partial charge on any atom is -0.332 e. The van der Waals surface area contributed by atoms with Gasteiger partial charge in [-0.25, -0.2) is 4.98 Å². The van der Waals surface area contributed by atoms with Crippen molar-refractivity contribution in [1.29, 1.82) is 0 Å². The highest BCUT2D eigenvalue weighted by Crippen LogP contribution is 2.36. The molecule has 0 unspecified atom stereocenters. The topological polar surface area (TPSA) is 63.9 Å². The fraction of sp³-hybridized carbons (Fsp3) is 0.333. The molecule has 3 heterocycles. The minimum atomic E-state index is 0.0536. The van der Waals surface area contributed by atoms with Gasteiger partial charge in [-0.1, -0.05) is 35.5 Å². The maximum Gasteiger partial charge on any atom is 0.233 e. The van der Waals surface area contributed by atoms with Gasteiger partial charge in [-0.15, -0.1) is 21.5 Å². The number of nitrogens with zero attached hydrogens (tertiary/aromatic N) is 5. The van der Waals surface area contributed by atoms with Crippen LogP contribution in [-0.2, 0) is 11.3 Å². The summed E-state index contributed by atoms with van der Waals surface area (Å²) in [6.45, 7) is 3.55. The Bertz CT molecular complexity index is 1240. The Kier molecular flexibility index (Phi) is 6.66. The monoisotopic (exact) mass is 497 g/mol. The van der Waals surface area contributed by atoms with Gasteiger partial charge in [-0.05, 0) is 62.6 Å². The Morgan fingerprint density at radius 1 is 1.15 bits per heavy atom. The van der Waals surface area contributed by atoms with Gasteiger partial charge in [0.25, 0.3) is 0 Å². The molecule has 1 saturated heterocycles. The summed E-state index contributed by atoms with van der Waals surface area (Å²) in [5.74, 6) is 1.25. The highest BCUT2D eigenvalue weighted by Gasteiger charge is 2.30. The van der Waals surface area contributed by atoms with E-state index in [4.69, 9.17) is 16.6 Å². The van der Waals surface area contributed by atoms with E-state index in [9.17, 15) is 4.79 Å². The fourth-order valence-electron chi connectivity index (χ4n) is 4.22. The summed E-state index contributed by atoms with van der Waals surface area (Å²) in [6, 6.07) is 15.8. The molecule has 170 valence electrons. The molecule has 9 heteroatoms. The Morgan fingerprint density at radius 2 is 1.97 bits per heavy atom. The van der Waals surface area contributed by atoms with Crippen LogP contribution in [0.1, 0.15) is 37.2 Å². The van der Waals surface area contributed by atoms with Crippen molar-refractivity contribution >= 4 is 50.8 Å². The first-order chi connectivity index (χ1) is 16.1. The third kappa shape index (κ3) is 4.65. The molecule has 0 radical (unpaired) electrons. The van der Waals surface area contributed by atoms with Crippen LogP contribution in [0.2, 0.25) is 5.02 Å². The van der Waals surface area contributed by atoms with E-state index in [1.807, 2.05) is 51.9 Å². The predicted molar refractivity (Wildman–Crippen MR) is 135 cm³/mol. The van der Waals surface area contributed by atoms with Crippen LogP contribution in [0.15, 0.2) is 53.7 Å². The summed E-state index contributed by atoms with van der Waals surface area (Å²) in [5.41, 5.74) is 1.97. The van der Waals surface area contributed by atoms with E-state index >= 15 is 0 Å². The first-order valence-electron chi connectivity index (χ1n) is 11.1. The van der Waals surface area contributed by atoms with Crippen molar-refractivity contribution in [3.05, 3.63) is 58.6 Å². The number of benzene rings is 2. The number of hydrogen-bond donors (Lipinski definition) is 0. The average Bonchev–Trinajstić information content (AvgIpc) is 3.47. The number of fused-ring (bicyclic) bond motifs is 1. The van der Waals surface area contributed by atoms with Gasteiger partial charge in [-0.3, -0.25) is 4.79 Å². The quantitative estimate of drug-likeness (QED) is 0.302. The molecule has 2 aromatic carbocycles. The summed E-state index contributed by atoms with van der Waals surface area (Å²) in [5, 5.41) is 11.2. The third-order valence-corrected chi connectivity index (χ3v) is 8.22. The zero-order valence-electron chi connectivity index (χ0n) is 18.3. The molecule has 0 aliphatic carbocycles. The van der Waals surface area contributed by atoms with E-state index < -0.39 is 0 Å². The molecule has 1 aliphatic rings. The van der Waals surface area contributed by atoms with Crippen molar-refractivity contribution < 1.29 is 4.79 Å². The molecule has 33 heavy (non-hydrogen) atoms. The Hall–Kier alpha value is -2.42. The van der Waals surface area contributed by atoms with Gasteiger partial charge < -0.3 is 9.47 Å². The summed E-state index contributed by atoms with van der Waals surface area (Å²) in [7, 11) is 0. The fourth-order valence-corrected chi connectivity index (χ4v) is 6.35. The lowest BCUT2D eigenvalue weighted by atomic mass is 10.0. The van der Waals surface area contributed by atoms with Gasteiger partial charge in [0.2, 0.25) is 5.91 Å². The molecule has 5 rings (SSSR count). The standard InChI is InChI=1S/C24H24ClN5OS2/c1-2-29-22(16-10-12-17(25)13-11-16)27-28-24(29)32-15-21(31)30-14-6-5-8-19(30)23-26-18-7-3-4-9-20(18)33-23/h3-4,7,9-13,19H,2,5-6,8,14-15H2,1H3/t19-/m0/s1. The number of para-hydroxylation sites is 1. The van der Waals surface area contributed by atoms with Crippen molar-refractivity contribution in [2.24, 2.45) is 0 Å². The molecule has 6 nitrogen and oxygen atoms in total. The number of aromatic nitrogens is 4. The van der Waals surface area contributed by atoms with Crippen LogP contribution >= 0.6 is 34.7 Å². The van der Waals surface area contributed by atoms with Crippen molar-refractivity contribution in [3.63, 3.8) is 0 Å². The molecule has 1 atom stereocenters. The first kappa shape index (κ1) is 22.4. The smallest absolute Gasteiger partial charge is 0.233 e. The number of amides is 1. The number of thioether (sulfide) groups is 1. The third-order valence-electron chi connectivity index (χ3n) is 5.88. The van der Waals surface area contributed by atoms with E-state index in [0.717, 1.165) is 59.4 Å². The highest BCUT2D eigenvalue weighted by molar-refractivity contribution is 7.99. The molecule has 1 fully saturated rings. The van der Waals surface area contributed by atoms with Gasteiger partial charge >= 0.3 is 0 Å². The summed E-state index contributed by atoms with van der Waals surface area (Å²) in [4.78, 5) is 20.1. The first-order valence-corrected chi connectivity index (χ1v) is 13.3. The van der Waals surface area contributed by atoms with Gasteiger partial charge in [0.1, 0.15) is 5.01 Å². The van der Waals surface area contributed by atoms with Crippen LogP contribution < -0.4 is 0 Å². The van der Waals surface area contributed by atoms with Crippen molar-refractivity contribution in [1.82, 2.24) is 24.6 Å². The van der Waals surface area contributed by atoms with Crippen LogP contribution in [0.5, 0.6) is 0 Å². The Balaban J connectivity index is 1.32. The number of likely N-dealkylation sites (tertiary alicyclic amines) is 1. The summed E-state index contributed by atoms with van der Waals surface area (Å²) < 4.78 is 3.22. The van der Waals surface area contributed by atoms with Gasteiger partial charge in [-0.2, -0.15) is 0 Å². The number of piperidine rings is 1. The predicted octanol–water partition coefficient (Wildman–Crippen LogP) is 6.07. The Labute approximate surface area is 206 Å². The SMILES string of the molecule is CCn1c(SCC(=O)N2CCCC[C@H]2c2nc3ccccc3s2)nnc1-c1ccc(Cl)cc1. The molecule has 0 spiro atoms. The second kappa shape index (κ2) is 9.83. The van der Waals surface area contributed by atoms with E-state index in [2.05, 4.69) is 23.2 Å². The summed E-state index contributed by atoms with van der Waals surface area (Å²) in [6.07, 6.45) is 3.11. The van der Waals surface area contributed by atoms with E-state index in [1.54, 1.807) is 11.3 Å². The summed E-state index contributed by atoms with van der Waals surface area (Å²) >= 11 is 9.17. The maximum atomic E-state index is 13.3. The van der Waals surface area contributed by atoms with Gasteiger partial charge in [0.05, 0.1) is 22.0 Å². The van der Waals surface area contributed by atoms with Gasteiger partial charge in [0.15, 0.2) is 11.0 Å². The normalized spacial score (nSPS) is 16.4. The lowest BCUT2D eigenvalue weighted by Crippen LogP contribution is -2.39. The molecule has 1 amide bonds. The molecule has 4 aromatic rings. The van der Waals surface area contributed by atoms with E-state index in [0.29, 0.717) is 10.8 Å². The molecule has 1 aliphatic heterocycles. The lowest BCUT2D eigenvalue weighted by molar-refractivity contribution is -0.132. The zero-order chi connectivity index (χ0) is 22.8. The van der Waals surface area contributed by atoms with Crippen molar-refractivity contribution in [2.75, 3.05) is 12.3 Å². The second-order valence-corrected chi connectivity index (χ2v) is 10.4. The average molecular weight is 498 g/mol. The van der Waals surface area contributed by atoms with Crippen LogP contribution in [0.25, 0.3) is 21.6 Å². The highest BCUT2D eigenvalue weighted by atomic mass is 35.5. The molecule has 0 bridgehead atoms. The molecule has 0 saturated carbocycles. The van der Waals surface area contributed by atoms with Crippen LogP contribution in [0.3, 0.4) is 0 Å². The number of thiazole rings is 1. The molecule has 0 N–H and O–H groups in total. The molecular formula is C24H24ClN5OS2. The minimum absolute atomic E-state index is 0.0536. The van der Waals surface area contributed by atoms with Crippen LogP contribution in [-0.4, -0.2) is 42.9 Å². The van der Waals surface area contributed by atoms with Gasteiger partial charge in [0, 0.05) is 23.7 Å². The number of hydrogen-bond acceptors (Lipinski definition) is 6. The van der Waals surface area contributed by atoms with E-state index in [1.165, 1.54) is 16.5 Å². The zero-order valence-corrected chi connectivity index (χ0v) is 20.7. The van der Waals surface area contributed by atoms with Crippen molar-refractivity contribution in [3.8, 4) is 11.4 Å². The lowest BCUT2D eigenvalue weighted by Gasteiger charge is -2.34. The molecular weight excluding hydrogens is 474 g/mol. The number of carbonyl (C=O) groups excluding carboxylic acids is 1. The number of rotatable bonds is 6. The second-order valence-electron chi connectivity index (χ2n) is 7.96.